The molecule has 0 aromatic rings. The summed E-state index contributed by atoms with van der Waals surface area (Å²) in [5.74, 6) is -8.23. The molecule has 4 unspecified atom stereocenters. The molecule has 22 heavy (non-hydrogen) atoms. The summed E-state index contributed by atoms with van der Waals surface area (Å²) < 4.78 is 0. The fourth-order valence-corrected chi connectivity index (χ4v) is 0.516. The quantitative estimate of drug-likeness (QED) is 0.243. The van der Waals surface area contributed by atoms with E-state index in [0.717, 1.165) is 0 Å². The van der Waals surface area contributed by atoms with Crippen LogP contribution >= 0.6 is 0 Å². The van der Waals surface area contributed by atoms with Crippen molar-refractivity contribution in [3.8, 4) is 0 Å². The Kier molecular flexibility index (Phi) is 17.2. The molecule has 14 heteroatoms. The summed E-state index contributed by atoms with van der Waals surface area (Å²) in [5.41, 5.74) is 0. The minimum Gasteiger partial charge on any atom is -0.547 e. The monoisotopic (exact) mass is 435 g/mol. The first kappa shape index (κ1) is 28.6. The second kappa shape index (κ2) is 13.2. The van der Waals surface area contributed by atoms with Gasteiger partial charge in [0.1, 0.15) is 24.4 Å². The first-order chi connectivity index (χ1) is 8.93. The van der Waals surface area contributed by atoms with E-state index in [0.29, 0.717) is 0 Å². The third kappa shape index (κ3) is 11.2. The fraction of sp³-hybridized carbons (Fsp3) is 0.500. The molecule has 0 aromatic carbocycles. The number of hydrogen-bond donors (Lipinski definition) is 5. The van der Waals surface area contributed by atoms with Crippen molar-refractivity contribution in [1.82, 2.24) is 6.15 Å². The van der Waals surface area contributed by atoms with Crippen LogP contribution in [0.3, 0.4) is 0 Å². The summed E-state index contributed by atoms with van der Waals surface area (Å²) in [7, 11) is 0. The Bertz CT molecular complexity index is 315. The minimum atomic E-state index is -2.44. The van der Waals surface area contributed by atoms with Crippen molar-refractivity contribution in [2.45, 2.75) is 24.4 Å². The van der Waals surface area contributed by atoms with Gasteiger partial charge >= 0.3 is 24.4 Å². The van der Waals surface area contributed by atoms with Gasteiger partial charge in [0, 0.05) is 0 Å². The molecule has 0 aliphatic heterocycles. The van der Waals surface area contributed by atoms with E-state index < -0.39 is 48.3 Å². The number of aliphatic hydroxyl groups excluding tert-OH is 4. The number of quaternary nitrogens is 1. The van der Waals surface area contributed by atoms with E-state index in [1.807, 2.05) is 0 Å². The van der Waals surface area contributed by atoms with Crippen molar-refractivity contribution in [3.05, 3.63) is 0 Å². The Hall–Kier alpha value is -1.50. The Morgan fingerprint density at radius 3 is 0.682 bits per heavy atom. The molecular weight excluding hydrogens is 424 g/mol. The molecule has 126 valence electrons. The van der Waals surface area contributed by atoms with Gasteiger partial charge in [0.05, 0.1) is 23.9 Å². The first-order valence-corrected chi connectivity index (χ1v) is 4.49. The summed E-state index contributed by atoms with van der Waals surface area (Å²) in [5, 5.41) is 71.5. The number of rotatable bonds is 6. The molecule has 13 nitrogen and oxygen atoms in total. The molecule has 0 rings (SSSR count). The van der Waals surface area contributed by atoms with Crippen LogP contribution in [0.15, 0.2) is 0 Å². The predicted molar refractivity (Wildman–Crippen MR) is 55.8 cm³/mol. The van der Waals surface area contributed by atoms with E-state index in [1.54, 1.807) is 0 Å². The molecule has 0 amide bonds. The van der Waals surface area contributed by atoms with Crippen LogP contribution in [0.1, 0.15) is 0 Å². The molecule has 0 aromatic heterocycles. The van der Waals surface area contributed by atoms with Crippen molar-refractivity contribution >= 4 is 48.3 Å². The number of carbonyl (C=O) groups excluding carboxylic acids is 4. The molecule has 0 aliphatic rings. The van der Waals surface area contributed by atoms with E-state index in [2.05, 4.69) is 0 Å². The number of hydrogen-bond acceptors (Lipinski definition) is 12. The van der Waals surface area contributed by atoms with Crippen molar-refractivity contribution < 1.29 is 60.0 Å². The zero-order valence-corrected chi connectivity index (χ0v) is 13.4. The van der Waals surface area contributed by atoms with Crippen LogP contribution < -0.4 is 26.6 Å². The van der Waals surface area contributed by atoms with Gasteiger partial charge in [-0.2, -0.15) is 0 Å². The number of carboxylic acids is 4. The standard InChI is InChI=1S/2C4H6O6.H3N.Sb/c2*5-1(3(7)8)2(6)4(9)10;;/h2*1-2,5-6H,(H,7,8)(H,9,10);1H3;/q;;;+3/p-3. The van der Waals surface area contributed by atoms with Crippen LogP contribution in [0.25, 0.3) is 0 Å². The van der Waals surface area contributed by atoms with E-state index in [1.165, 1.54) is 0 Å². The van der Waals surface area contributed by atoms with Crippen LogP contribution in [-0.4, -0.2) is 93.1 Å². The Morgan fingerprint density at radius 2 is 0.636 bits per heavy atom. The maximum absolute atomic E-state index is 9.63. The van der Waals surface area contributed by atoms with Crippen LogP contribution in [0.2, 0.25) is 0 Å². The SMILES string of the molecule is O=C([O-])C(O)C(O)C(=O)[O-].O=C([O-])C(O)C(O)C(=O)[O-].[NH4+].[Sb+3]. The molecule has 0 bridgehead atoms. The topological polar surface area (TPSA) is 278 Å². The molecular formula is C8H12NO12Sb. The zero-order chi connectivity index (χ0) is 16.6. The van der Waals surface area contributed by atoms with E-state index in [-0.39, 0.29) is 30.6 Å². The van der Waals surface area contributed by atoms with E-state index >= 15 is 0 Å². The molecule has 0 fully saturated rings. The third-order valence-corrected chi connectivity index (χ3v) is 1.56. The number of carboxylic acid groups (broad SMARTS) is 4. The maximum atomic E-state index is 9.63. The smallest absolute Gasteiger partial charge is 0.547 e. The first-order valence-electron chi connectivity index (χ1n) is 4.49. The number of carbonyl (C=O) groups is 4. The van der Waals surface area contributed by atoms with Crippen molar-refractivity contribution in [2.75, 3.05) is 0 Å². The largest absolute Gasteiger partial charge is 3.00 e. The summed E-state index contributed by atoms with van der Waals surface area (Å²) in [4.78, 5) is 38.5. The van der Waals surface area contributed by atoms with Gasteiger partial charge in [0.2, 0.25) is 0 Å². The summed E-state index contributed by atoms with van der Waals surface area (Å²) in [6.07, 6.45) is -9.76. The molecule has 8 N–H and O–H groups in total. The average molecular weight is 436 g/mol. The van der Waals surface area contributed by atoms with Gasteiger partial charge < -0.3 is 66.2 Å². The molecule has 0 spiro atoms. The molecule has 2 radical (unpaired) electrons. The maximum Gasteiger partial charge on any atom is 3.00 e. The van der Waals surface area contributed by atoms with Crippen molar-refractivity contribution in [2.24, 2.45) is 0 Å². The van der Waals surface area contributed by atoms with Crippen LogP contribution in [0.4, 0.5) is 0 Å². The second-order valence-corrected chi connectivity index (χ2v) is 3.06. The predicted octanol–water partition coefficient (Wildman–Crippen LogP) is -9.59. The van der Waals surface area contributed by atoms with E-state index in [9.17, 15) is 39.6 Å². The molecule has 0 saturated heterocycles. The van der Waals surface area contributed by atoms with Gasteiger partial charge in [-0.05, 0) is 0 Å². The van der Waals surface area contributed by atoms with Gasteiger partial charge in [0.15, 0.2) is 0 Å². The summed E-state index contributed by atoms with van der Waals surface area (Å²) in [6, 6.07) is 0. The fourth-order valence-electron chi connectivity index (χ4n) is 0.516. The van der Waals surface area contributed by atoms with Crippen LogP contribution in [0, 0.1) is 0 Å². The third-order valence-electron chi connectivity index (χ3n) is 1.56. The summed E-state index contributed by atoms with van der Waals surface area (Å²) >= 11 is 0. The van der Waals surface area contributed by atoms with Crippen LogP contribution in [-0.2, 0) is 19.2 Å². The zero-order valence-electron chi connectivity index (χ0n) is 10.8. The molecule has 4 atom stereocenters. The van der Waals surface area contributed by atoms with Crippen molar-refractivity contribution in [1.29, 1.82) is 0 Å². The van der Waals surface area contributed by atoms with Gasteiger partial charge in [-0.3, -0.25) is 0 Å². The van der Waals surface area contributed by atoms with Gasteiger partial charge in [0.25, 0.3) is 0 Å². The van der Waals surface area contributed by atoms with E-state index in [4.69, 9.17) is 20.4 Å². The Labute approximate surface area is 139 Å². The summed E-state index contributed by atoms with van der Waals surface area (Å²) in [6.45, 7) is 0. The Morgan fingerprint density at radius 1 is 0.545 bits per heavy atom. The number of aliphatic hydroxyl groups is 4. The van der Waals surface area contributed by atoms with Gasteiger partial charge in [-0.25, -0.2) is 0 Å². The molecule has 0 heterocycles. The van der Waals surface area contributed by atoms with Crippen molar-refractivity contribution in [3.63, 3.8) is 0 Å². The van der Waals surface area contributed by atoms with Gasteiger partial charge in [-0.15, -0.1) is 0 Å². The molecule has 0 saturated carbocycles. The number of aliphatic carboxylic acids is 4. The van der Waals surface area contributed by atoms with Crippen LogP contribution in [0.5, 0.6) is 0 Å². The average Bonchev–Trinajstić information content (AvgIpc) is 2.35. The minimum absolute atomic E-state index is 0. The normalized spacial score (nSPS) is 14.4. The van der Waals surface area contributed by atoms with Gasteiger partial charge in [-0.1, -0.05) is 0 Å². The second-order valence-electron chi connectivity index (χ2n) is 3.06. The Balaban J connectivity index is -0.000000135. The molecule has 0 aliphatic carbocycles.